The first kappa shape index (κ1) is 17.1. The van der Waals surface area contributed by atoms with Crippen molar-refractivity contribution in [3.63, 3.8) is 0 Å². The van der Waals surface area contributed by atoms with Gasteiger partial charge in [0, 0.05) is 10.6 Å². The molecule has 0 aliphatic rings. The molecule has 2 aromatic rings. The molecule has 1 N–H and O–H groups in total. The first-order valence-corrected chi connectivity index (χ1v) is 7.39. The number of amides is 1. The zero-order chi connectivity index (χ0) is 16.7. The summed E-state index contributed by atoms with van der Waals surface area (Å²) in [5.41, 5.74) is 0.671. The van der Waals surface area contributed by atoms with Gasteiger partial charge in [0.05, 0.1) is 11.6 Å². The molecule has 0 atom stereocenters. The molecule has 0 heterocycles. The summed E-state index contributed by atoms with van der Waals surface area (Å²) in [5.74, 6) is 5.31. The molecule has 23 heavy (non-hydrogen) atoms. The average molecular weight is 352 g/mol. The Morgan fingerprint density at radius 2 is 1.91 bits per heavy atom. The normalized spacial score (nSPS) is 9.70. The van der Waals surface area contributed by atoms with Gasteiger partial charge in [0.2, 0.25) is 0 Å². The van der Waals surface area contributed by atoms with Gasteiger partial charge in [-0.05, 0) is 42.5 Å². The van der Waals surface area contributed by atoms with Crippen molar-refractivity contribution in [2.45, 2.75) is 0 Å². The number of nitrogens with one attached hydrogen (secondary N) is 1. The van der Waals surface area contributed by atoms with Crippen LogP contribution in [0.25, 0.3) is 0 Å². The number of benzene rings is 2. The summed E-state index contributed by atoms with van der Waals surface area (Å²) in [7, 11) is 0. The highest BCUT2D eigenvalue weighted by atomic mass is 35.5. The van der Waals surface area contributed by atoms with Crippen LogP contribution in [-0.4, -0.2) is 19.1 Å². The summed E-state index contributed by atoms with van der Waals surface area (Å²) in [6.07, 6.45) is 0. The van der Waals surface area contributed by atoms with Gasteiger partial charge >= 0.3 is 0 Å². The molecule has 2 rings (SSSR count). The smallest absolute Gasteiger partial charge is 0.258 e. The highest BCUT2D eigenvalue weighted by molar-refractivity contribution is 6.35. The predicted octanol–water partition coefficient (Wildman–Crippen LogP) is 3.68. The predicted molar refractivity (Wildman–Crippen MR) is 88.2 cm³/mol. The van der Waals surface area contributed by atoms with E-state index in [4.69, 9.17) is 27.9 Å². The second-order valence-corrected chi connectivity index (χ2v) is 5.29. The van der Waals surface area contributed by atoms with Gasteiger partial charge in [0.25, 0.3) is 5.91 Å². The van der Waals surface area contributed by atoms with E-state index in [1.807, 2.05) is 0 Å². The van der Waals surface area contributed by atoms with Gasteiger partial charge in [0.15, 0.2) is 6.61 Å². The van der Waals surface area contributed by atoms with E-state index in [9.17, 15) is 9.18 Å². The van der Waals surface area contributed by atoms with Crippen LogP contribution in [0.15, 0.2) is 42.5 Å². The van der Waals surface area contributed by atoms with Crippen LogP contribution in [0.5, 0.6) is 5.75 Å². The Labute approximate surface area is 143 Å². The van der Waals surface area contributed by atoms with Gasteiger partial charge in [-0.1, -0.05) is 35.0 Å². The molecule has 0 spiro atoms. The van der Waals surface area contributed by atoms with Crippen LogP contribution in [0.1, 0.15) is 5.56 Å². The highest BCUT2D eigenvalue weighted by Crippen LogP contribution is 2.27. The Bertz CT molecular complexity index is 751. The molecule has 0 fully saturated rings. The van der Waals surface area contributed by atoms with E-state index >= 15 is 0 Å². The minimum absolute atomic E-state index is 0.161. The Morgan fingerprint density at radius 3 is 2.61 bits per heavy atom. The zero-order valence-electron chi connectivity index (χ0n) is 11.9. The number of halogens is 3. The summed E-state index contributed by atoms with van der Waals surface area (Å²) in [6, 6.07) is 10.5. The second kappa shape index (κ2) is 8.42. The van der Waals surface area contributed by atoms with E-state index in [1.54, 1.807) is 24.3 Å². The Kier molecular flexibility index (Phi) is 6.28. The van der Waals surface area contributed by atoms with Crippen LogP contribution in [0.4, 0.5) is 4.39 Å². The fraction of sp³-hybridized carbons (Fsp3) is 0.118. The van der Waals surface area contributed by atoms with Crippen molar-refractivity contribution in [3.8, 4) is 17.6 Å². The maximum atomic E-state index is 12.7. The molecule has 0 bridgehead atoms. The molecule has 0 aliphatic heterocycles. The largest absolute Gasteiger partial charge is 0.482 e. The quantitative estimate of drug-likeness (QED) is 0.853. The van der Waals surface area contributed by atoms with Gasteiger partial charge in [-0.3, -0.25) is 4.79 Å². The molecule has 6 heteroatoms. The SMILES string of the molecule is O=C(COc1ccc(Cl)cc1Cl)NCC#Cc1ccc(F)cc1. The zero-order valence-corrected chi connectivity index (χ0v) is 13.4. The van der Waals surface area contributed by atoms with Crippen molar-refractivity contribution in [1.82, 2.24) is 5.32 Å². The Balaban J connectivity index is 1.76. The number of rotatable bonds is 4. The average Bonchev–Trinajstić information content (AvgIpc) is 2.52. The van der Waals surface area contributed by atoms with E-state index < -0.39 is 0 Å². The third-order valence-electron chi connectivity index (χ3n) is 2.70. The monoisotopic (exact) mass is 351 g/mol. The lowest BCUT2D eigenvalue weighted by atomic mass is 10.2. The number of carbonyl (C=O) groups is 1. The molecule has 0 aromatic heterocycles. The van der Waals surface area contributed by atoms with Gasteiger partial charge < -0.3 is 10.1 Å². The molecular weight excluding hydrogens is 340 g/mol. The number of hydrogen-bond acceptors (Lipinski definition) is 2. The maximum Gasteiger partial charge on any atom is 0.258 e. The van der Waals surface area contributed by atoms with Crippen LogP contribution in [0, 0.1) is 17.7 Å². The fourth-order valence-corrected chi connectivity index (χ4v) is 2.07. The van der Waals surface area contributed by atoms with Crippen LogP contribution >= 0.6 is 23.2 Å². The lowest BCUT2D eigenvalue weighted by Crippen LogP contribution is -2.29. The van der Waals surface area contributed by atoms with E-state index in [1.165, 1.54) is 18.2 Å². The van der Waals surface area contributed by atoms with Crippen molar-refractivity contribution in [2.75, 3.05) is 13.2 Å². The number of hydrogen-bond donors (Lipinski definition) is 1. The topological polar surface area (TPSA) is 38.3 Å². The molecule has 118 valence electrons. The minimum Gasteiger partial charge on any atom is -0.482 e. The molecule has 0 radical (unpaired) electrons. The maximum absolute atomic E-state index is 12.7. The minimum atomic E-state index is -0.329. The van der Waals surface area contributed by atoms with Gasteiger partial charge in [-0.25, -0.2) is 4.39 Å². The van der Waals surface area contributed by atoms with Crippen LogP contribution < -0.4 is 10.1 Å². The molecule has 1 amide bonds. The fourth-order valence-electron chi connectivity index (χ4n) is 1.61. The van der Waals surface area contributed by atoms with Crippen LogP contribution in [-0.2, 0) is 4.79 Å². The van der Waals surface area contributed by atoms with E-state index in [-0.39, 0.29) is 24.9 Å². The summed E-state index contributed by atoms with van der Waals surface area (Å²) >= 11 is 11.7. The van der Waals surface area contributed by atoms with Crippen molar-refractivity contribution in [3.05, 3.63) is 63.9 Å². The summed E-state index contributed by atoms with van der Waals surface area (Å²) in [6.45, 7) is -0.0203. The molecule has 0 saturated heterocycles. The van der Waals surface area contributed by atoms with Gasteiger partial charge in [-0.15, -0.1) is 0 Å². The third kappa shape index (κ3) is 5.82. The summed E-state index contributed by atoms with van der Waals surface area (Å²) in [5, 5.41) is 3.41. The molecular formula is C17H12Cl2FNO2. The lowest BCUT2D eigenvalue weighted by molar-refractivity contribution is -0.122. The number of ether oxygens (including phenoxy) is 1. The van der Waals surface area contributed by atoms with Gasteiger partial charge in [-0.2, -0.15) is 0 Å². The molecule has 0 unspecified atom stereocenters. The first-order chi connectivity index (χ1) is 11.0. The van der Waals surface area contributed by atoms with Crippen molar-refractivity contribution in [1.29, 1.82) is 0 Å². The van der Waals surface area contributed by atoms with Crippen molar-refractivity contribution < 1.29 is 13.9 Å². The van der Waals surface area contributed by atoms with Crippen LogP contribution in [0.3, 0.4) is 0 Å². The van der Waals surface area contributed by atoms with Crippen molar-refractivity contribution in [2.24, 2.45) is 0 Å². The lowest BCUT2D eigenvalue weighted by Gasteiger charge is -2.07. The van der Waals surface area contributed by atoms with E-state index in [0.29, 0.717) is 21.4 Å². The van der Waals surface area contributed by atoms with Crippen LogP contribution in [0.2, 0.25) is 10.0 Å². The molecule has 0 saturated carbocycles. The van der Waals surface area contributed by atoms with Gasteiger partial charge in [0.1, 0.15) is 11.6 Å². The molecule has 2 aromatic carbocycles. The highest BCUT2D eigenvalue weighted by Gasteiger charge is 2.05. The molecule has 3 nitrogen and oxygen atoms in total. The standard InChI is InChI=1S/C17H12Cl2FNO2/c18-13-5-8-16(15(19)10-13)23-11-17(22)21-9-1-2-12-3-6-14(20)7-4-12/h3-8,10H,9,11H2,(H,21,22). The molecule has 0 aliphatic carbocycles. The Morgan fingerprint density at radius 1 is 1.17 bits per heavy atom. The first-order valence-electron chi connectivity index (χ1n) is 6.63. The van der Waals surface area contributed by atoms with E-state index in [0.717, 1.165) is 0 Å². The third-order valence-corrected chi connectivity index (χ3v) is 3.23. The summed E-state index contributed by atoms with van der Waals surface area (Å²) in [4.78, 5) is 11.6. The summed E-state index contributed by atoms with van der Waals surface area (Å²) < 4.78 is 18.0. The second-order valence-electron chi connectivity index (χ2n) is 4.45. The van der Waals surface area contributed by atoms with Crippen molar-refractivity contribution >= 4 is 29.1 Å². The Hall–Kier alpha value is -2.22. The number of carbonyl (C=O) groups excluding carboxylic acids is 1. The van der Waals surface area contributed by atoms with E-state index in [2.05, 4.69) is 17.2 Å².